The Hall–Kier alpha value is -1.22. The van der Waals surface area contributed by atoms with Crippen LogP contribution in [-0.2, 0) is 24.6 Å². The number of sulfone groups is 1. The van der Waals surface area contributed by atoms with Crippen LogP contribution in [0.3, 0.4) is 0 Å². The molecule has 0 atom stereocenters. The summed E-state index contributed by atoms with van der Waals surface area (Å²) >= 11 is 0. The van der Waals surface area contributed by atoms with Gasteiger partial charge in [-0.15, -0.1) is 0 Å². The van der Waals surface area contributed by atoms with E-state index >= 15 is 0 Å². The zero-order valence-electron chi connectivity index (χ0n) is 10.2. The fourth-order valence-corrected chi connectivity index (χ4v) is 4.74. The fourth-order valence-electron chi connectivity index (χ4n) is 1.86. The molecule has 0 fully saturated rings. The van der Waals surface area contributed by atoms with E-state index in [4.69, 9.17) is 9.88 Å². The molecule has 8 heteroatoms. The first-order chi connectivity index (χ1) is 8.78. The van der Waals surface area contributed by atoms with E-state index in [9.17, 15) is 16.8 Å². The first-order valence-electron chi connectivity index (χ1n) is 5.47. The molecule has 0 radical (unpaired) electrons. The predicted octanol–water partition coefficient (Wildman–Crippen LogP) is 0.499. The zero-order chi connectivity index (χ0) is 14.3. The standard InChI is InChI=1S/C11H13NO5S2/c1-2-17-7-9-6-8-4-3-5-10(19(12,15)16)11(8)18(9,13)14/h3-6H,2,7H2,1H3,(H2,12,15,16). The second-order valence-electron chi connectivity index (χ2n) is 3.97. The van der Waals surface area contributed by atoms with Crippen LogP contribution < -0.4 is 5.14 Å². The Kier molecular flexibility index (Phi) is 3.52. The molecule has 0 unspecified atom stereocenters. The molecule has 6 nitrogen and oxygen atoms in total. The molecule has 19 heavy (non-hydrogen) atoms. The Balaban J connectivity index is 2.63. The van der Waals surface area contributed by atoms with Crippen LogP contribution in [-0.4, -0.2) is 30.0 Å². The van der Waals surface area contributed by atoms with Gasteiger partial charge >= 0.3 is 0 Å². The quantitative estimate of drug-likeness (QED) is 0.872. The van der Waals surface area contributed by atoms with Gasteiger partial charge in [0.1, 0.15) is 4.90 Å². The number of primary sulfonamides is 1. The SMILES string of the molecule is CCOCC1=Cc2cccc(S(N)(=O)=O)c2S1(=O)=O. The number of hydrogen-bond donors (Lipinski definition) is 1. The topological polar surface area (TPSA) is 104 Å². The van der Waals surface area contributed by atoms with Crippen molar-refractivity contribution >= 4 is 25.9 Å². The van der Waals surface area contributed by atoms with E-state index in [0.29, 0.717) is 12.2 Å². The van der Waals surface area contributed by atoms with Gasteiger partial charge in [-0.2, -0.15) is 0 Å². The van der Waals surface area contributed by atoms with Gasteiger partial charge in [-0.3, -0.25) is 0 Å². The molecule has 0 spiro atoms. The normalized spacial score (nSPS) is 17.1. The van der Waals surface area contributed by atoms with Gasteiger partial charge in [-0.05, 0) is 24.6 Å². The van der Waals surface area contributed by atoms with Gasteiger partial charge in [0.05, 0.1) is 16.4 Å². The van der Waals surface area contributed by atoms with E-state index in [1.165, 1.54) is 24.3 Å². The maximum absolute atomic E-state index is 12.3. The average molecular weight is 303 g/mol. The summed E-state index contributed by atoms with van der Waals surface area (Å²) in [5, 5.41) is 5.05. The molecule has 104 valence electrons. The number of nitrogens with two attached hydrogens (primary N) is 1. The second kappa shape index (κ2) is 4.71. The van der Waals surface area contributed by atoms with Crippen molar-refractivity contribution in [3.05, 3.63) is 28.7 Å². The van der Waals surface area contributed by atoms with Crippen molar-refractivity contribution in [3.8, 4) is 0 Å². The molecule has 0 aromatic heterocycles. The molecular formula is C11H13NO5S2. The largest absolute Gasteiger partial charge is 0.376 e. The highest BCUT2D eigenvalue weighted by atomic mass is 32.2. The molecule has 1 heterocycles. The number of benzene rings is 1. The number of rotatable bonds is 4. The third-order valence-corrected chi connectivity index (χ3v) is 5.70. The van der Waals surface area contributed by atoms with Crippen LogP contribution >= 0.6 is 0 Å². The Bertz CT molecular complexity index is 747. The van der Waals surface area contributed by atoms with Crippen molar-refractivity contribution in [2.45, 2.75) is 16.7 Å². The minimum absolute atomic E-state index is 0.0421. The summed E-state index contributed by atoms with van der Waals surface area (Å²) in [5.41, 5.74) is 0.321. The van der Waals surface area contributed by atoms with E-state index in [1.54, 1.807) is 6.92 Å². The van der Waals surface area contributed by atoms with Crippen molar-refractivity contribution in [1.82, 2.24) is 0 Å². The van der Waals surface area contributed by atoms with Crippen LogP contribution in [0.25, 0.3) is 6.08 Å². The summed E-state index contributed by atoms with van der Waals surface area (Å²) in [6.07, 6.45) is 1.41. The van der Waals surface area contributed by atoms with Gasteiger partial charge < -0.3 is 4.74 Å². The van der Waals surface area contributed by atoms with E-state index in [-0.39, 0.29) is 21.3 Å². The van der Waals surface area contributed by atoms with Crippen LogP contribution in [0, 0.1) is 0 Å². The summed E-state index contributed by atoms with van der Waals surface area (Å²) in [5.74, 6) is 0. The second-order valence-corrected chi connectivity index (χ2v) is 7.44. The van der Waals surface area contributed by atoms with E-state index in [0.717, 1.165) is 0 Å². The van der Waals surface area contributed by atoms with E-state index < -0.39 is 19.9 Å². The smallest absolute Gasteiger partial charge is 0.239 e. The summed E-state index contributed by atoms with van der Waals surface area (Å²) in [4.78, 5) is -0.597. The van der Waals surface area contributed by atoms with Crippen LogP contribution in [0.15, 0.2) is 32.9 Å². The molecule has 1 aromatic rings. The van der Waals surface area contributed by atoms with Gasteiger partial charge in [0.2, 0.25) is 19.9 Å². The molecule has 0 saturated heterocycles. The van der Waals surface area contributed by atoms with Crippen molar-refractivity contribution in [3.63, 3.8) is 0 Å². The third-order valence-electron chi connectivity index (χ3n) is 2.69. The molecule has 0 bridgehead atoms. The lowest BCUT2D eigenvalue weighted by Gasteiger charge is -2.07. The van der Waals surface area contributed by atoms with Gasteiger partial charge in [-0.25, -0.2) is 22.0 Å². The van der Waals surface area contributed by atoms with Gasteiger partial charge in [-0.1, -0.05) is 12.1 Å². The Labute approximate surface area is 111 Å². The molecular weight excluding hydrogens is 290 g/mol. The van der Waals surface area contributed by atoms with Gasteiger partial charge in [0, 0.05) is 6.61 Å². The Morgan fingerprint density at radius 2 is 2.00 bits per heavy atom. The summed E-state index contributed by atoms with van der Waals surface area (Å²) in [7, 11) is -7.95. The molecule has 0 aliphatic carbocycles. The highest BCUT2D eigenvalue weighted by Gasteiger charge is 2.34. The van der Waals surface area contributed by atoms with Crippen molar-refractivity contribution in [2.75, 3.05) is 13.2 Å². The van der Waals surface area contributed by atoms with Gasteiger partial charge in [0.15, 0.2) is 0 Å². The molecule has 0 saturated carbocycles. The summed E-state index contributed by atoms with van der Waals surface area (Å²) in [6.45, 7) is 2.02. The summed E-state index contributed by atoms with van der Waals surface area (Å²) in [6, 6.07) is 4.16. The maximum Gasteiger partial charge on any atom is 0.239 e. The van der Waals surface area contributed by atoms with Crippen LogP contribution in [0.1, 0.15) is 12.5 Å². The lowest BCUT2D eigenvalue weighted by Crippen LogP contribution is -2.17. The van der Waals surface area contributed by atoms with E-state index in [2.05, 4.69) is 0 Å². The van der Waals surface area contributed by atoms with Crippen LogP contribution in [0.4, 0.5) is 0 Å². The van der Waals surface area contributed by atoms with Crippen LogP contribution in [0.5, 0.6) is 0 Å². The van der Waals surface area contributed by atoms with Crippen LogP contribution in [0.2, 0.25) is 0 Å². The zero-order valence-corrected chi connectivity index (χ0v) is 11.8. The third kappa shape index (κ3) is 2.44. The predicted molar refractivity (Wildman–Crippen MR) is 69.5 cm³/mol. The summed E-state index contributed by atoms with van der Waals surface area (Å²) < 4.78 is 52.6. The number of sulfonamides is 1. The monoisotopic (exact) mass is 303 g/mol. The number of fused-ring (bicyclic) bond motifs is 1. The van der Waals surface area contributed by atoms with Crippen molar-refractivity contribution in [2.24, 2.45) is 5.14 Å². The first kappa shape index (κ1) is 14.2. The molecule has 1 aliphatic rings. The lowest BCUT2D eigenvalue weighted by atomic mass is 10.2. The Morgan fingerprint density at radius 3 is 2.58 bits per heavy atom. The molecule has 1 aromatic carbocycles. The van der Waals surface area contributed by atoms with E-state index in [1.807, 2.05) is 0 Å². The number of ether oxygens (including phenoxy) is 1. The number of hydrogen-bond acceptors (Lipinski definition) is 5. The minimum atomic E-state index is -4.10. The highest BCUT2D eigenvalue weighted by Crippen LogP contribution is 2.36. The fraction of sp³-hybridized carbons (Fsp3) is 0.273. The minimum Gasteiger partial charge on any atom is -0.376 e. The maximum atomic E-state index is 12.3. The van der Waals surface area contributed by atoms with Crippen molar-refractivity contribution < 1.29 is 21.6 Å². The first-order valence-corrected chi connectivity index (χ1v) is 8.50. The average Bonchev–Trinajstić information content (AvgIpc) is 2.57. The molecule has 0 amide bonds. The highest BCUT2D eigenvalue weighted by molar-refractivity contribution is 7.97. The molecule has 2 rings (SSSR count). The lowest BCUT2D eigenvalue weighted by molar-refractivity contribution is 0.175. The molecule has 2 N–H and O–H groups in total. The Morgan fingerprint density at radius 1 is 1.32 bits per heavy atom. The van der Waals surface area contributed by atoms with Gasteiger partial charge in [0.25, 0.3) is 0 Å². The molecule has 1 aliphatic heterocycles. The van der Waals surface area contributed by atoms with Crippen molar-refractivity contribution in [1.29, 1.82) is 0 Å².